The van der Waals surface area contributed by atoms with Crippen LogP contribution >= 0.6 is 23.2 Å². The lowest BCUT2D eigenvalue weighted by atomic mass is 10.0. The molecule has 78 valence electrons. The van der Waals surface area contributed by atoms with Gasteiger partial charge >= 0.3 is 0 Å². The molecule has 5 heteroatoms. The zero-order valence-corrected chi connectivity index (χ0v) is 9.32. The molecule has 0 radical (unpaired) electrons. The average Bonchev–Trinajstić information content (AvgIpc) is 1.97. The predicted octanol–water partition coefficient (Wildman–Crippen LogP) is 2.84. The van der Waals surface area contributed by atoms with E-state index in [1.807, 2.05) is 0 Å². The van der Waals surface area contributed by atoms with Crippen LogP contribution in [0.2, 0.25) is 10.3 Å². The van der Waals surface area contributed by atoms with Gasteiger partial charge in [-0.25, -0.2) is 9.37 Å². The molecule has 2 nitrogen and oxygen atoms in total. The van der Waals surface area contributed by atoms with E-state index >= 15 is 0 Å². The van der Waals surface area contributed by atoms with Gasteiger partial charge in [-0.3, -0.25) is 0 Å². The summed E-state index contributed by atoms with van der Waals surface area (Å²) in [6, 6.07) is 1.19. The van der Waals surface area contributed by atoms with E-state index in [1.165, 1.54) is 6.07 Å². The van der Waals surface area contributed by atoms with Crippen LogP contribution in [0, 0.1) is 5.82 Å². The zero-order valence-electron chi connectivity index (χ0n) is 7.81. The maximum atomic E-state index is 13.0. The van der Waals surface area contributed by atoms with Gasteiger partial charge in [0, 0.05) is 6.42 Å². The summed E-state index contributed by atoms with van der Waals surface area (Å²) >= 11 is 11.2. The molecule has 0 atom stereocenters. The summed E-state index contributed by atoms with van der Waals surface area (Å²) in [5, 5.41) is 9.38. The topological polar surface area (TPSA) is 33.1 Å². The predicted molar refractivity (Wildman–Crippen MR) is 54.2 cm³/mol. The van der Waals surface area contributed by atoms with Gasteiger partial charge in [-0.05, 0) is 25.5 Å². The first-order valence-corrected chi connectivity index (χ1v) is 4.78. The van der Waals surface area contributed by atoms with Gasteiger partial charge in [0.05, 0.1) is 5.60 Å². The normalized spacial score (nSPS) is 11.9. The van der Waals surface area contributed by atoms with E-state index in [0.717, 1.165) is 0 Å². The van der Waals surface area contributed by atoms with Gasteiger partial charge in [-0.1, -0.05) is 23.2 Å². The van der Waals surface area contributed by atoms with Crippen molar-refractivity contribution < 1.29 is 9.50 Å². The van der Waals surface area contributed by atoms with E-state index in [0.29, 0.717) is 5.56 Å². The van der Waals surface area contributed by atoms with Crippen molar-refractivity contribution >= 4 is 23.2 Å². The first-order valence-electron chi connectivity index (χ1n) is 4.02. The molecule has 0 amide bonds. The molecule has 0 saturated heterocycles. The summed E-state index contributed by atoms with van der Waals surface area (Å²) in [6.07, 6.45) is 0.229. The summed E-state index contributed by atoms with van der Waals surface area (Å²) < 4.78 is 13.0. The van der Waals surface area contributed by atoms with Crippen molar-refractivity contribution in [3.05, 3.63) is 27.8 Å². The molecule has 1 N–H and O–H groups in total. The van der Waals surface area contributed by atoms with Crippen molar-refractivity contribution in [1.29, 1.82) is 0 Å². The Labute approximate surface area is 91.7 Å². The van der Waals surface area contributed by atoms with Gasteiger partial charge in [0.2, 0.25) is 0 Å². The number of pyridine rings is 1. The van der Waals surface area contributed by atoms with Crippen LogP contribution in [0.4, 0.5) is 4.39 Å². The van der Waals surface area contributed by atoms with Crippen molar-refractivity contribution in [2.75, 3.05) is 0 Å². The monoisotopic (exact) mass is 237 g/mol. The van der Waals surface area contributed by atoms with Gasteiger partial charge in [-0.2, -0.15) is 0 Å². The molecule has 1 heterocycles. The van der Waals surface area contributed by atoms with Crippen molar-refractivity contribution in [2.45, 2.75) is 25.9 Å². The molecule has 0 aliphatic heterocycles. The molecule has 0 aliphatic rings. The molecule has 0 bridgehead atoms. The fraction of sp³-hybridized carbons (Fsp3) is 0.444. The quantitative estimate of drug-likeness (QED) is 0.803. The molecule has 1 aromatic heterocycles. The van der Waals surface area contributed by atoms with E-state index < -0.39 is 11.4 Å². The number of nitrogens with zero attached hydrogens (tertiary/aromatic N) is 1. The Morgan fingerprint density at radius 3 is 2.50 bits per heavy atom. The van der Waals surface area contributed by atoms with E-state index in [-0.39, 0.29) is 16.7 Å². The Kier molecular flexibility index (Phi) is 3.35. The summed E-state index contributed by atoms with van der Waals surface area (Å²) in [5.74, 6) is -0.629. The second kappa shape index (κ2) is 4.01. The van der Waals surface area contributed by atoms with Crippen LogP contribution in [0.3, 0.4) is 0 Å². The highest BCUT2D eigenvalue weighted by molar-refractivity contribution is 6.32. The second-order valence-corrected chi connectivity index (χ2v) is 4.42. The highest BCUT2D eigenvalue weighted by Crippen LogP contribution is 2.23. The third-order valence-electron chi connectivity index (χ3n) is 1.58. The fourth-order valence-corrected chi connectivity index (χ4v) is 1.46. The smallest absolute Gasteiger partial charge is 0.166 e. The molecule has 14 heavy (non-hydrogen) atoms. The van der Waals surface area contributed by atoms with Crippen LogP contribution in [-0.2, 0) is 6.42 Å². The molecule has 0 fully saturated rings. The molecule has 0 spiro atoms. The Bertz CT molecular complexity index is 349. The van der Waals surface area contributed by atoms with Crippen molar-refractivity contribution in [2.24, 2.45) is 0 Å². The lowest BCUT2D eigenvalue weighted by Gasteiger charge is -2.17. The summed E-state index contributed by atoms with van der Waals surface area (Å²) in [7, 11) is 0. The second-order valence-electron chi connectivity index (χ2n) is 3.70. The first-order chi connectivity index (χ1) is 6.29. The number of halogens is 3. The molecule has 0 saturated carbocycles. The van der Waals surface area contributed by atoms with E-state index in [2.05, 4.69) is 4.98 Å². The summed E-state index contributed by atoms with van der Waals surface area (Å²) in [4.78, 5) is 3.60. The standard InChI is InChI=1S/C9H10Cl2FNO/c1-9(2,14)4-5-3-6(12)8(11)13-7(5)10/h3,14H,4H2,1-2H3. The van der Waals surface area contributed by atoms with Crippen LogP contribution in [0.5, 0.6) is 0 Å². The minimum Gasteiger partial charge on any atom is -0.390 e. The minimum atomic E-state index is -0.953. The molecule has 1 aromatic rings. The van der Waals surface area contributed by atoms with Gasteiger partial charge in [0.25, 0.3) is 0 Å². The fourth-order valence-electron chi connectivity index (χ4n) is 1.07. The van der Waals surface area contributed by atoms with Crippen molar-refractivity contribution in [3.8, 4) is 0 Å². The van der Waals surface area contributed by atoms with Crippen molar-refractivity contribution in [3.63, 3.8) is 0 Å². The molecule has 0 aromatic carbocycles. The van der Waals surface area contributed by atoms with Crippen LogP contribution in [0.25, 0.3) is 0 Å². The number of hydrogen-bond acceptors (Lipinski definition) is 2. The summed E-state index contributed by atoms with van der Waals surface area (Å²) in [5.41, 5.74) is -0.507. The molecule has 1 rings (SSSR count). The number of rotatable bonds is 2. The highest BCUT2D eigenvalue weighted by atomic mass is 35.5. The van der Waals surface area contributed by atoms with Crippen LogP contribution in [0.15, 0.2) is 6.07 Å². The van der Waals surface area contributed by atoms with E-state index in [9.17, 15) is 9.50 Å². The summed E-state index contributed by atoms with van der Waals surface area (Å²) in [6.45, 7) is 3.21. The maximum absolute atomic E-state index is 13.0. The van der Waals surface area contributed by atoms with Crippen LogP contribution < -0.4 is 0 Å². The SMILES string of the molecule is CC(C)(O)Cc1cc(F)c(Cl)nc1Cl. The Hall–Kier alpha value is -0.380. The van der Waals surface area contributed by atoms with Gasteiger partial charge in [0.15, 0.2) is 11.0 Å². The Morgan fingerprint density at radius 2 is 2.00 bits per heavy atom. The first kappa shape index (κ1) is 11.7. The van der Waals surface area contributed by atoms with Crippen LogP contribution in [-0.4, -0.2) is 15.7 Å². The number of aliphatic hydroxyl groups is 1. The zero-order chi connectivity index (χ0) is 10.9. The molecular weight excluding hydrogens is 228 g/mol. The molecular formula is C9H10Cl2FNO. The highest BCUT2D eigenvalue weighted by Gasteiger charge is 2.18. The third kappa shape index (κ3) is 3.08. The van der Waals surface area contributed by atoms with Crippen molar-refractivity contribution in [1.82, 2.24) is 4.98 Å². The van der Waals surface area contributed by atoms with E-state index in [1.54, 1.807) is 13.8 Å². The minimum absolute atomic E-state index is 0.124. The lowest BCUT2D eigenvalue weighted by Crippen LogP contribution is -2.22. The van der Waals surface area contributed by atoms with Gasteiger partial charge in [-0.15, -0.1) is 0 Å². The lowest BCUT2D eigenvalue weighted by molar-refractivity contribution is 0.0808. The van der Waals surface area contributed by atoms with Gasteiger partial charge in [0.1, 0.15) is 5.15 Å². The molecule has 0 unspecified atom stereocenters. The number of hydrogen-bond donors (Lipinski definition) is 1. The Balaban J connectivity index is 3.04. The maximum Gasteiger partial charge on any atom is 0.166 e. The largest absolute Gasteiger partial charge is 0.390 e. The Morgan fingerprint density at radius 1 is 1.43 bits per heavy atom. The number of aromatic nitrogens is 1. The van der Waals surface area contributed by atoms with E-state index in [4.69, 9.17) is 23.2 Å². The average molecular weight is 238 g/mol. The van der Waals surface area contributed by atoms with Crippen LogP contribution in [0.1, 0.15) is 19.4 Å². The third-order valence-corrected chi connectivity index (χ3v) is 2.17. The molecule has 0 aliphatic carbocycles. The van der Waals surface area contributed by atoms with Gasteiger partial charge < -0.3 is 5.11 Å².